The van der Waals surface area contributed by atoms with Crippen molar-refractivity contribution in [1.82, 2.24) is 0 Å². The Balaban J connectivity index is 1.63. The van der Waals surface area contributed by atoms with Crippen LogP contribution < -0.4 is 0 Å². The van der Waals surface area contributed by atoms with Crippen LogP contribution in [0.2, 0.25) is 0 Å². The zero-order chi connectivity index (χ0) is 21.5. The smallest absolute Gasteiger partial charge is 0.309 e. The summed E-state index contributed by atoms with van der Waals surface area (Å²) in [6.07, 6.45) is 7.27. The normalized spacial score (nSPS) is 49.7. The van der Waals surface area contributed by atoms with Gasteiger partial charge in [-0.1, -0.05) is 19.4 Å². The van der Waals surface area contributed by atoms with E-state index in [0.29, 0.717) is 32.1 Å². The van der Waals surface area contributed by atoms with Gasteiger partial charge >= 0.3 is 11.9 Å². The number of hydrogen-bond acceptors (Lipinski definition) is 6. The number of carbonyl (C=O) groups is 3. The van der Waals surface area contributed by atoms with Gasteiger partial charge in [0.1, 0.15) is 5.60 Å². The molecule has 1 heterocycles. The summed E-state index contributed by atoms with van der Waals surface area (Å²) in [6.45, 7) is 4.28. The van der Waals surface area contributed by atoms with Gasteiger partial charge in [0.25, 0.3) is 0 Å². The largest absolute Gasteiger partial charge is 0.469 e. The molecule has 4 aliphatic carbocycles. The Morgan fingerprint density at radius 1 is 1.13 bits per heavy atom. The Morgan fingerprint density at radius 2 is 1.90 bits per heavy atom. The first-order chi connectivity index (χ1) is 14.1. The molecule has 0 aromatic rings. The highest BCUT2D eigenvalue weighted by atomic mass is 16.6. The van der Waals surface area contributed by atoms with Gasteiger partial charge in [-0.2, -0.15) is 0 Å². The number of ketones is 1. The SMILES string of the molecule is COC(=O)C1CC2=CC(=O)CCC2(C)C2(O)CCC3(C)C(CCC34CCC(=O)O4)C12. The van der Waals surface area contributed by atoms with Crippen LogP contribution in [0.4, 0.5) is 0 Å². The Morgan fingerprint density at radius 3 is 2.57 bits per heavy atom. The first-order valence-electron chi connectivity index (χ1n) is 11.4. The average molecular weight is 417 g/mol. The maximum absolute atomic E-state index is 13.0. The first kappa shape index (κ1) is 20.2. The quantitative estimate of drug-likeness (QED) is 0.661. The summed E-state index contributed by atoms with van der Waals surface area (Å²) in [6, 6.07) is 0. The molecule has 164 valence electrons. The molecule has 1 aliphatic heterocycles. The Bertz CT molecular complexity index is 862. The molecule has 0 radical (unpaired) electrons. The maximum atomic E-state index is 13.0. The van der Waals surface area contributed by atoms with Crippen molar-refractivity contribution in [2.75, 3.05) is 7.11 Å². The van der Waals surface area contributed by atoms with E-state index in [9.17, 15) is 19.5 Å². The molecule has 7 atom stereocenters. The number of hydrogen-bond donors (Lipinski definition) is 1. The maximum Gasteiger partial charge on any atom is 0.309 e. The Labute approximate surface area is 177 Å². The van der Waals surface area contributed by atoms with Crippen LogP contribution in [0.25, 0.3) is 0 Å². The molecule has 6 nitrogen and oxygen atoms in total. The van der Waals surface area contributed by atoms with Crippen LogP contribution in [0.15, 0.2) is 11.6 Å². The molecule has 4 fully saturated rings. The Hall–Kier alpha value is -1.69. The molecule has 3 saturated carbocycles. The second kappa shape index (κ2) is 6.18. The number of ether oxygens (including phenoxy) is 2. The number of esters is 2. The summed E-state index contributed by atoms with van der Waals surface area (Å²) in [5.41, 5.74) is -1.42. The summed E-state index contributed by atoms with van der Waals surface area (Å²) >= 11 is 0. The predicted octanol–water partition coefficient (Wildman–Crippen LogP) is 3.11. The van der Waals surface area contributed by atoms with Gasteiger partial charge in [-0.15, -0.1) is 0 Å². The third kappa shape index (κ3) is 2.26. The van der Waals surface area contributed by atoms with Crippen LogP contribution in [0.1, 0.15) is 71.6 Å². The van der Waals surface area contributed by atoms with Crippen LogP contribution in [0, 0.1) is 28.6 Å². The second-order valence-corrected chi connectivity index (χ2v) is 10.8. The molecule has 0 aromatic carbocycles. The van der Waals surface area contributed by atoms with Gasteiger partial charge in [-0.25, -0.2) is 0 Å². The summed E-state index contributed by atoms with van der Waals surface area (Å²) in [7, 11) is 1.40. The topological polar surface area (TPSA) is 89.9 Å². The van der Waals surface area contributed by atoms with Gasteiger partial charge in [0.15, 0.2) is 5.78 Å². The minimum absolute atomic E-state index is 0.0715. The standard InChI is InChI=1S/C24H32O6/c1-21-7-4-15(25)12-14(21)13-16(20(27)29-3)19-17-5-8-23(9-6-18(26)30-23)22(17,2)10-11-24(19,21)28/h12,16-17,19,28H,4-11,13H2,1-3H3. The molecule has 0 aromatic heterocycles. The lowest BCUT2D eigenvalue weighted by atomic mass is 9.42. The van der Waals surface area contributed by atoms with E-state index in [4.69, 9.17) is 9.47 Å². The van der Waals surface area contributed by atoms with E-state index in [1.165, 1.54) is 7.11 Å². The van der Waals surface area contributed by atoms with E-state index in [2.05, 4.69) is 13.8 Å². The fraction of sp³-hybridized carbons (Fsp3) is 0.792. The van der Waals surface area contributed by atoms with E-state index in [1.54, 1.807) is 6.08 Å². The van der Waals surface area contributed by atoms with Crippen molar-refractivity contribution in [3.05, 3.63) is 11.6 Å². The van der Waals surface area contributed by atoms with Crippen molar-refractivity contribution in [2.45, 2.75) is 82.8 Å². The number of carbonyl (C=O) groups excluding carboxylic acids is 3. The molecule has 0 amide bonds. The molecule has 6 heteroatoms. The number of rotatable bonds is 1. The van der Waals surface area contributed by atoms with Crippen molar-refractivity contribution in [1.29, 1.82) is 0 Å². The fourth-order valence-corrected chi connectivity index (χ4v) is 8.21. The highest BCUT2D eigenvalue weighted by Crippen LogP contribution is 2.71. The van der Waals surface area contributed by atoms with Crippen LogP contribution >= 0.6 is 0 Å². The molecule has 5 rings (SSSR count). The minimum atomic E-state index is -1.07. The Kier molecular flexibility index (Phi) is 4.17. The van der Waals surface area contributed by atoms with Crippen LogP contribution in [-0.4, -0.2) is 41.1 Å². The molecule has 1 saturated heterocycles. The molecule has 7 unspecified atom stereocenters. The van der Waals surface area contributed by atoms with E-state index >= 15 is 0 Å². The van der Waals surface area contributed by atoms with E-state index < -0.39 is 22.5 Å². The number of methoxy groups -OCH3 is 1. The molecule has 30 heavy (non-hydrogen) atoms. The predicted molar refractivity (Wildman–Crippen MR) is 107 cm³/mol. The van der Waals surface area contributed by atoms with Crippen molar-refractivity contribution >= 4 is 17.7 Å². The van der Waals surface area contributed by atoms with Crippen LogP contribution in [0.5, 0.6) is 0 Å². The monoisotopic (exact) mass is 416 g/mol. The van der Waals surface area contributed by atoms with Gasteiger partial charge < -0.3 is 14.6 Å². The summed E-state index contributed by atoms with van der Waals surface area (Å²) < 4.78 is 11.2. The molecule has 5 aliphatic rings. The average Bonchev–Trinajstić information content (AvgIpc) is 3.23. The third-order valence-electron chi connectivity index (χ3n) is 10.0. The van der Waals surface area contributed by atoms with Gasteiger partial charge in [-0.05, 0) is 56.9 Å². The van der Waals surface area contributed by atoms with E-state index in [0.717, 1.165) is 31.3 Å². The molecule has 0 bridgehead atoms. The highest BCUT2D eigenvalue weighted by molar-refractivity contribution is 5.92. The highest BCUT2D eigenvalue weighted by Gasteiger charge is 2.73. The van der Waals surface area contributed by atoms with Crippen molar-refractivity contribution < 1.29 is 29.0 Å². The second-order valence-electron chi connectivity index (χ2n) is 10.8. The van der Waals surface area contributed by atoms with Gasteiger partial charge in [0.2, 0.25) is 0 Å². The zero-order valence-corrected chi connectivity index (χ0v) is 18.2. The lowest BCUT2D eigenvalue weighted by Crippen LogP contribution is -2.67. The number of fused-ring (bicyclic) bond motifs is 6. The molecule has 1 N–H and O–H groups in total. The third-order valence-corrected chi connectivity index (χ3v) is 10.0. The summed E-state index contributed by atoms with van der Waals surface area (Å²) in [5.74, 6) is -1.05. The van der Waals surface area contributed by atoms with Crippen LogP contribution in [-0.2, 0) is 23.9 Å². The van der Waals surface area contributed by atoms with Crippen LogP contribution in [0.3, 0.4) is 0 Å². The van der Waals surface area contributed by atoms with Crippen molar-refractivity contribution in [2.24, 2.45) is 28.6 Å². The molecular weight excluding hydrogens is 384 g/mol. The first-order valence-corrected chi connectivity index (χ1v) is 11.4. The van der Waals surface area contributed by atoms with E-state index in [-0.39, 0.29) is 35.0 Å². The summed E-state index contributed by atoms with van der Waals surface area (Å²) in [5, 5.41) is 12.3. The van der Waals surface area contributed by atoms with Gasteiger partial charge in [0.05, 0.1) is 18.6 Å². The number of aliphatic hydroxyl groups is 1. The summed E-state index contributed by atoms with van der Waals surface area (Å²) in [4.78, 5) is 37.2. The van der Waals surface area contributed by atoms with Gasteiger partial charge in [-0.3, -0.25) is 14.4 Å². The van der Waals surface area contributed by atoms with Crippen molar-refractivity contribution in [3.63, 3.8) is 0 Å². The minimum Gasteiger partial charge on any atom is -0.469 e. The van der Waals surface area contributed by atoms with E-state index in [1.807, 2.05) is 0 Å². The molecule has 1 spiro atoms. The van der Waals surface area contributed by atoms with Gasteiger partial charge in [0, 0.05) is 29.6 Å². The van der Waals surface area contributed by atoms with Crippen molar-refractivity contribution in [3.8, 4) is 0 Å². The fourth-order valence-electron chi connectivity index (χ4n) is 8.21. The lowest BCUT2D eigenvalue weighted by Gasteiger charge is -2.64. The lowest BCUT2D eigenvalue weighted by molar-refractivity contribution is -0.229. The zero-order valence-electron chi connectivity index (χ0n) is 18.2. The molecular formula is C24H32O6.